The van der Waals surface area contributed by atoms with Crippen LogP contribution in [-0.4, -0.2) is 23.1 Å². The fourth-order valence-corrected chi connectivity index (χ4v) is 2.78. The van der Waals surface area contributed by atoms with Crippen LogP contribution < -0.4 is 4.90 Å². The third-order valence-corrected chi connectivity index (χ3v) is 3.73. The zero-order chi connectivity index (χ0) is 12.4. The van der Waals surface area contributed by atoms with Crippen molar-refractivity contribution in [3.05, 3.63) is 32.8 Å². The van der Waals surface area contributed by atoms with Gasteiger partial charge in [-0.25, -0.2) is 4.79 Å². The summed E-state index contributed by atoms with van der Waals surface area (Å²) in [6.07, 6.45) is 1.14. The Morgan fingerprint density at radius 2 is 2.47 bits per heavy atom. The van der Waals surface area contributed by atoms with Gasteiger partial charge in [0.05, 0.1) is 6.54 Å². The van der Waals surface area contributed by atoms with Crippen molar-refractivity contribution in [2.45, 2.75) is 6.54 Å². The van der Waals surface area contributed by atoms with E-state index in [0.29, 0.717) is 12.6 Å². The third kappa shape index (κ3) is 2.86. The van der Waals surface area contributed by atoms with Gasteiger partial charge in [-0.2, -0.15) is 4.98 Å². The van der Waals surface area contributed by atoms with Gasteiger partial charge in [0.2, 0.25) is 0 Å². The summed E-state index contributed by atoms with van der Waals surface area (Å²) in [4.78, 5) is 17.4. The highest BCUT2D eigenvalue weighted by molar-refractivity contribution is 9.10. The summed E-state index contributed by atoms with van der Waals surface area (Å²) in [6, 6.07) is 2.30. The second-order valence-corrected chi connectivity index (χ2v) is 5.32. The molecule has 0 aliphatic carbocycles. The average Bonchev–Trinajstić information content (AvgIpc) is 2.86. The molecule has 0 radical (unpaired) electrons. The summed E-state index contributed by atoms with van der Waals surface area (Å²) in [6.45, 7) is 0.621. The molecule has 0 atom stereocenters. The second-order valence-electron chi connectivity index (χ2n) is 3.41. The molecule has 0 aromatic carbocycles. The molecule has 2 rings (SSSR count). The molecular formula is C10H9BrN2O3S. The minimum Gasteiger partial charge on any atom is -0.476 e. The molecule has 0 unspecified atom stereocenters. The minimum absolute atomic E-state index is 0.0841. The number of nitrogens with zero attached hydrogens (tertiary/aromatic N) is 2. The Kier molecular flexibility index (Phi) is 3.49. The van der Waals surface area contributed by atoms with Gasteiger partial charge in [-0.15, -0.1) is 11.3 Å². The molecule has 0 amide bonds. The standard InChI is InChI=1S/C10H9BrN2O3S/c1-13(3-7-2-6(11)5-17-7)10-12-8(4-16-10)9(14)15/h2,4-5H,3H2,1H3,(H,14,15). The molecule has 0 saturated carbocycles. The molecule has 2 heterocycles. The number of aromatic carboxylic acids is 1. The topological polar surface area (TPSA) is 66.6 Å². The Labute approximate surface area is 110 Å². The van der Waals surface area contributed by atoms with Crippen LogP contribution >= 0.6 is 27.3 Å². The van der Waals surface area contributed by atoms with Gasteiger partial charge < -0.3 is 14.4 Å². The van der Waals surface area contributed by atoms with E-state index < -0.39 is 5.97 Å². The molecule has 0 spiro atoms. The van der Waals surface area contributed by atoms with Crippen LogP contribution in [0.5, 0.6) is 0 Å². The number of halogens is 1. The molecule has 0 bridgehead atoms. The number of carboxylic acids is 1. The first kappa shape index (κ1) is 12.1. The largest absolute Gasteiger partial charge is 0.476 e. The summed E-state index contributed by atoms with van der Waals surface area (Å²) < 4.78 is 6.13. The van der Waals surface area contributed by atoms with E-state index in [-0.39, 0.29) is 5.69 Å². The Morgan fingerprint density at radius 1 is 1.71 bits per heavy atom. The van der Waals surface area contributed by atoms with Crippen LogP contribution in [0.4, 0.5) is 6.01 Å². The van der Waals surface area contributed by atoms with Gasteiger partial charge in [-0.1, -0.05) is 0 Å². The lowest BCUT2D eigenvalue weighted by molar-refractivity contribution is 0.0690. The Bertz CT molecular complexity index is 537. The van der Waals surface area contributed by atoms with E-state index in [1.807, 2.05) is 11.4 Å². The van der Waals surface area contributed by atoms with Gasteiger partial charge in [0.15, 0.2) is 5.69 Å². The van der Waals surface area contributed by atoms with Crippen molar-refractivity contribution in [3.8, 4) is 0 Å². The quantitative estimate of drug-likeness (QED) is 0.939. The number of oxazole rings is 1. The highest BCUT2D eigenvalue weighted by Crippen LogP contribution is 2.22. The lowest BCUT2D eigenvalue weighted by Crippen LogP contribution is -2.16. The Hall–Kier alpha value is -1.34. The van der Waals surface area contributed by atoms with Gasteiger partial charge in [0.25, 0.3) is 6.01 Å². The summed E-state index contributed by atoms with van der Waals surface area (Å²) in [5.74, 6) is -1.09. The molecule has 1 N–H and O–H groups in total. The van der Waals surface area contributed by atoms with Crippen LogP contribution in [0.1, 0.15) is 15.4 Å². The molecule has 2 aromatic heterocycles. The summed E-state index contributed by atoms with van der Waals surface area (Å²) in [5.41, 5.74) is -0.0841. The molecular weight excluding hydrogens is 308 g/mol. The van der Waals surface area contributed by atoms with Crippen molar-refractivity contribution in [2.24, 2.45) is 0 Å². The normalized spacial score (nSPS) is 10.5. The molecule has 7 heteroatoms. The first-order valence-electron chi connectivity index (χ1n) is 4.69. The monoisotopic (exact) mass is 316 g/mol. The Balaban J connectivity index is 2.08. The van der Waals surface area contributed by atoms with E-state index in [1.54, 1.807) is 23.3 Å². The van der Waals surface area contributed by atoms with Gasteiger partial charge in [0.1, 0.15) is 6.26 Å². The summed E-state index contributed by atoms with van der Waals surface area (Å²) >= 11 is 4.99. The number of carboxylic acid groups (broad SMARTS) is 1. The molecule has 5 nitrogen and oxygen atoms in total. The maximum atomic E-state index is 10.7. The first-order valence-corrected chi connectivity index (χ1v) is 6.36. The van der Waals surface area contributed by atoms with Crippen LogP contribution in [0, 0.1) is 0 Å². The van der Waals surface area contributed by atoms with E-state index in [0.717, 1.165) is 15.6 Å². The van der Waals surface area contributed by atoms with Crippen molar-refractivity contribution >= 4 is 39.3 Å². The van der Waals surface area contributed by atoms with Crippen molar-refractivity contribution in [1.82, 2.24) is 4.98 Å². The lowest BCUT2D eigenvalue weighted by Gasteiger charge is -2.12. The fourth-order valence-electron chi connectivity index (χ4n) is 1.28. The average molecular weight is 317 g/mol. The highest BCUT2D eigenvalue weighted by atomic mass is 79.9. The van der Waals surface area contributed by atoms with Crippen molar-refractivity contribution in [3.63, 3.8) is 0 Å². The number of rotatable bonds is 4. The number of carbonyl (C=O) groups is 1. The van der Waals surface area contributed by atoms with Crippen LogP contribution in [0.25, 0.3) is 0 Å². The first-order chi connectivity index (χ1) is 8.06. The van der Waals surface area contributed by atoms with Crippen LogP contribution in [0.2, 0.25) is 0 Å². The molecule has 0 saturated heterocycles. The zero-order valence-electron chi connectivity index (χ0n) is 8.88. The molecule has 0 fully saturated rings. The van der Waals surface area contributed by atoms with E-state index >= 15 is 0 Å². The van der Waals surface area contributed by atoms with Gasteiger partial charge in [-0.05, 0) is 22.0 Å². The fraction of sp³-hybridized carbons (Fsp3) is 0.200. The molecule has 17 heavy (non-hydrogen) atoms. The number of anilines is 1. The SMILES string of the molecule is CN(Cc1cc(Br)cs1)c1nc(C(=O)O)co1. The van der Waals surface area contributed by atoms with Crippen LogP contribution in [-0.2, 0) is 6.54 Å². The lowest BCUT2D eigenvalue weighted by atomic mass is 10.4. The second kappa shape index (κ2) is 4.89. The van der Waals surface area contributed by atoms with E-state index in [1.165, 1.54) is 0 Å². The van der Waals surface area contributed by atoms with Gasteiger partial charge in [-0.3, -0.25) is 0 Å². The maximum absolute atomic E-state index is 10.7. The van der Waals surface area contributed by atoms with E-state index in [9.17, 15) is 4.79 Å². The predicted molar refractivity (Wildman–Crippen MR) is 67.6 cm³/mol. The number of aromatic nitrogens is 1. The predicted octanol–water partition coefficient (Wildman–Crippen LogP) is 2.83. The minimum atomic E-state index is -1.09. The van der Waals surface area contributed by atoms with Crippen molar-refractivity contribution < 1.29 is 14.3 Å². The number of hydrogen-bond donors (Lipinski definition) is 1. The Morgan fingerprint density at radius 3 is 3.00 bits per heavy atom. The highest BCUT2D eigenvalue weighted by Gasteiger charge is 2.14. The molecule has 90 valence electrons. The summed E-state index contributed by atoms with van der Waals surface area (Å²) in [5, 5.41) is 10.7. The number of hydrogen-bond acceptors (Lipinski definition) is 5. The van der Waals surface area contributed by atoms with Crippen molar-refractivity contribution in [2.75, 3.05) is 11.9 Å². The smallest absolute Gasteiger partial charge is 0.357 e. The molecule has 2 aromatic rings. The van der Waals surface area contributed by atoms with Crippen molar-refractivity contribution in [1.29, 1.82) is 0 Å². The van der Waals surface area contributed by atoms with Crippen LogP contribution in [0.15, 0.2) is 26.6 Å². The zero-order valence-corrected chi connectivity index (χ0v) is 11.3. The number of thiophene rings is 1. The van der Waals surface area contributed by atoms with Gasteiger partial charge in [0, 0.05) is 21.8 Å². The van der Waals surface area contributed by atoms with E-state index in [4.69, 9.17) is 9.52 Å². The molecule has 0 aliphatic heterocycles. The maximum Gasteiger partial charge on any atom is 0.357 e. The summed E-state index contributed by atoms with van der Waals surface area (Å²) in [7, 11) is 1.80. The molecule has 0 aliphatic rings. The van der Waals surface area contributed by atoms with Crippen LogP contribution in [0.3, 0.4) is 0 Å². The van der Waals surface area contributed by atoms with Gasteiger partial charge >= 0.3 is 5.97 Å². The third-order valence-electron chi connectivity index (χ3n) is 2.05. The van der Waals surface area contributed by atoms with E-state index in [2.05, 4.69) is 20.9 Å².